The van der Waals surface area contributed by atoms with E-state index < -0.39 is 42.2 Å². The lowest BCUT2D eigenvalue weighted by Gasteiger charge is -1.93. The maximum Gasteiger partial charge on any atom is 0.414 e. The first kappa shape index (κ1) is 23.8. The predicted molar refractivity (Wildman–Crippen MR) is 63.3 cm³/mol. The van der Waals surface area contributed by atoms with Gasteiger partial charge in [-0.05, 0) is 0 Å². The average molecular weight is 327 g/mol. The third-order valence-corrected chi connectivity index (χ3v) is 1.04. The van der Waals surface area contributed by atoms with Crippen LogP contribution in [0.5, 0.6) is 0 Å². The highest BCUT2D eigenvalue weighted by Crippen LogP contribution is 1.74. The van der Waals surface area contributed by atoms with Crippen LogP contribution >= 0.6 is 0 Å². The van der Waals surface area contributed by atoms with Crippen LogP contribution in [0.4, 0.5) is 0 Å². The van der Waals surface area contributed by atoms with Crippen molar-refractivity contribution in [2.24, 2.45) is 0 Å². The van der Waals surface area contributed by atoms with Crippen LogP contribution < -0.4 is 5.32 Å². The fourth-order valence-electron chi connectivity index (χ4n) is 0.406. The molecule has 13 heteroatoms. The van der Waals surface area contributed by atoms with Gasteiger partial charge in [0.1, 0.15) is 6.42 Å². The molecule has 13 nitrogen and oxygen atoms in total. The Morgan fingerprint density at radius 2 is 0.818 bits per heavy atom. The highest BCUT2D eigenvalue weighted by molar-refractivity contribution is 6.27. The van der Waals surface area contributed by atoms with Crippen molar-refractivity contribution >= 4 is 35.8 Å². The topological polar surface area (TPSA) is 236 Å². The SMILES string of the molecule is O=C(O)C(=O)O.O=C(O)CC(=O)O.O=C(O)CNCC(=O)O. The minimum absolute atomic E-state index is 0.313. The number of rotatable bonds is 6. The largest absolute Gasteiger partial charge is 0.481 e. The van der Waals surface area contributed by atoms with E-state index in [1.54, 1.807) is 0 Å². The molecule has 0 heterocycles. The summed E-state index contributed by atoms with van der Waals surface area (Å²) in [5.74, 6) is -8.39. The molecule has 0 atom stereocenters. The van der Waals surface area contributed by atoms with Crippen molar-refractivity contribution in [2.45, 2.75) is 6.42 Å². The molecule has 0 aromatic heterocycles. The van der Waals surface area contributed by atoms with Crippen molar-refractivity contribution in [3.63, 3.8) is 0 Å². The lowest BCUT2D eigenvalue weighted by molar-refractivity contribution is -0.159. The lowest BCUT2D eigenvalue weighted by atomic mass is 10.5. The average Bonchev–Trinajstić information content (AvgIpc) is 2.27. The molecule has 22 heavy (non-hydrogen) atoms. The molecule has 0 aromatic carbocycles. The quantitative estimate of drug-likeness (QED) is 0.196. The number of carboxylic acids is 6. The van der Waals surface area contributed by atoms with Gasteiger partial charge in [-0.25, -0.2) is 9.59 Å². The van der Waals surface area contributed by atoms with Crippen LogP contribution in [0.25, 0.3) is 0 Å². The first-order chi connectivity index (χ1) is 9.89. The summed E-state index contributed by atoms with van der Waals surface area (Å²) in [6.07, 6.45) is -0.806. The Morgan fingerprint density at radius 1 is 0.545 bits per heavy atom. The highest BCUT2D eigenvalue weighted by Gasteiger charge is 2.04. The summed E-state index contributed by atoms with van der Waals surface area (Å²) in [5.41, 5.74) is 0. The summed E-state index contributed by atoms with van der Waals surface area (Å²) in [6.45, 7) is -0.626. The fraction of sp³-hybridized carbons (Fsp3) is 0.333. The van der Waals surface area contributed by atoms with Gasteiger partial charge >= 0.3 is 35.8 Å². The number of carbonyl (C=O) groups is 6. The zero-order valence-electron chi connectivity index (χ0n) is 10.8. The zero-order valence-corrected chi connectivity index (χ0v) is 10.8. The van der Waals surface area contributed by atoms with E-state index in [-0.39, 0.29) is 13.1 Å². The Labute approximate surface area is 121 Å². The number of hydrogen-bond donors (Lipinski definition) is 7. The molecule has 0 spiro atoms. The lowest BCUT2D eigenvalue weighted by Crippen LogP contribution is -2.27. The Kier molecular flexibility index (Phi) is 15.4. The van der Waals surface area contributed by atoms with Gasteiger partial charge in [-0.3, -0.25) is 24.5 Å². The summed E-state index contributed by atoms with van der Waals surface area (Å²) in [6, 6.07) is 0. The monoisotopic (exact) mass is 327 g/mol. The summed E-state index contributed by atoms with van der Waals surface area (Å²) >= 11 is 0. The van der Waals surface area contributed by atoms with Gasteiger partial charge in [0.15, 0.2) is 0 Å². The smallest absolute Gasteiger partial charge is 0.414 e. The first-order valence-electron chi connectivity index (χ1n) is 4.94. The van der Waals surface area contributed by atoms with Crippen molar-refractivity contribution in [1.29, 1.82) is 0 Å². The van der Waals surface area contributed by atoms with Gasteiger partial charge in [0.2, 0.25) is 0 Å². The second-order valence-corrected chi connectivity index (χ2v) is 2.97. The van der Waals surface area contributed by atoms with Crippen LogP contribution in [-0.2, 0) is 28.8 Å². The highest BCUT2D eigenvalue weighted by atomic mass is 16.4. The molecule has 0 unspecified atom stereocenters. The molecule has 0 saturated carbocycles. The summed E-state index contributed by atoms with van der Waals surface area (Å²) in [4.78, 5) is 56.5. The van der Waals surface area contributed by atoms with Crippen LogP contribution in [-0.4, -0.2) is 79.5 Å². The normalized spacial score (nSPS) is 8.18. The van der Waals surface area contributed by atoms with Crippen LogP contribution in [0.15, 0.2) is 0 Å². The van der Waals surface area contributed by atoms with Crippen molar-refractivity contribution in [3.05, 3.63) is 0 Å². The first-order valence-corrected chi connectivity index (χ1v) is 4.94. The van der Waals surface area contributed by atoms with Crippen LogP contribution in [0.3, 0.4) is 0 Å². The maximum atomic E-state index is 9.73. The van der Waals surface area contributed by atoms with Crippen molar-refractivity contribution < 1.29 is 59.4 Å². The van der Waals surface area contributed by atoms with Gasteiger partial charge in [0, 0.05) is 0 Å². The Balaban J connectivity index is -0.000000252. The van der Waals surface area contributed by atoms with E-state index in [1.807, 2.05) is 0 Å². The van der Waals surface area contributed by atoms with Crippen LogP contribution in [0.1, 0.15) is 6.42 Å². The molecule has 0 rings (SSSR count). The Hall–Kier alpha value is -3.22. The van der Waals surface area contributed by atoms with Crippen molar-refractivity contribution in [3.8, 4) is 0 Å². The molecule has 0 radical (unpaired) electrons. The third kappa shape index (κ3) is 36.0. The molecule has 0 aliphatic rings. The molecule has 0 fully saturated rings. The van der Waals surface area contributed by atoms with Crippen molar-refractivity contribution in [1.82, 2.24) is 5.32 Å². The van der Waals surface area contributed by atoms with Gasteiger partial charge in [-0.2, -0.15) is 0 Å². The summed E-state index contributed by atoms with van der Waals surface area (Å²) in [5, 5.41) is 48.3. The van der Waals surface area contributed by atoms with Crippen molar-refractivity contribution in [2.75, 3.05) is 13.1 Å². The fourth-order valence-corrected chi connectivity index (χ4v) is 0.406. The third-order valence-electron chi connectivity index (χ3n) is 1.04. The van der Waals surface area contributed by atoms with E-state index in [2.05, 4.69) is 5.32 Å². The standard InChI is InChI=1S/C4H7NO4.C3H4O4.C2H2O4/c6-3(7)1-5-2-4(8)9;4-2(5)1-3(6)7;3-1(4)2(5)6/h5H,1-2H2,(H,6,7)(H,8,9);1H2,(H,4,5)(H,6,7);(H,3,4)(H,5,6). The molecule has 126 valence electrons. The van der Waals surface area contributed by atoms with E-state index >= 15 is 0 Å². The van der Waals surface area contributed by atoms with Crippen LogP contribution in [0, 0.1) is 0 Å². The van der Waals surface area contributed by atoms with Gasteiger partial charge in [-0.1, -0.05) is 0 Å². The molecular formula is C9H13NO12. The van der Waals surface area contributed by atoms with Gasteiger partial charge in [0.05, 0.1) is 13.1 Å². The summed E-state index contributed by atoms with van der Waals surface area (Å²) in [7, 11) is 0. The predicted octanol–water partition coefficient (Wildman–Crippen LogP) is -2.55. The van der Waals surface area contributed by atoms with E-state index in [0.29, 0.717) is 0 Å². The van der Waals surface area contributed by atoms with E-state index in [4.69, 9.17) is 40.2 Å². The van der Waals surface area contributed by atoms with E-state index in [1.165, 1.54) is 0 Å². The molecule has 0 amide bonds. The van der Waals surface area contributed by atoms with Gasteiger partial charge < -0.3 is 30.6 Å². The number of nitrogens with one attached hydrogen (secondary N) is 1. The molecule has 7 N–H and O–H groups in total. The van der Waals surface area contributed by atoms with Gasteiger partial charge in [0.25, 0.3) is 0 Å². The van der Waals surface area contributed by atoms with E-state index in [9.17, 15) is 19.2 Å². The minimum Gasteiger partial charge on any atom is -0.481 e. The Morgan fingerprint density at radius 3 is 0.909 bits per heavy atom. The second-order valence-electron chi connectivity index (χ2n) is 2.97. The zero-order chi connectivity index (χ0) is 18.3. The van der Waals surface area contributed by atoms with Gasteiger partial charge in [-0.15, -0.1) is 0 Å². The van der Waals surface area contributed by atoms with Crippen LogP contribution in [0.2, 0.25) is 0 Å². The second kappa shape index (κ2) is 14.2. The number of hydrogen-bond acceptors (Lipinski definition) is 7. The minimum atomic E-state index is -1.82. The molecule has 0 saturated heterocycles. The summed E-state index contributed by atoms with van der Waals surface area (Å²) < 4.78 is 0. The molecule has 0 bridgehead atoms. The maximum absolute atomic E-state index is 9.73. The Bertz CT molecular complexity index is 390. The molecule has 0 aromatic rings. The number of aliphatic carboxylic acids is 6. The molecule has 0 aliphatic carbocycles. The number of carboxylic acid groups (broad SMARTS) is 6. The molecular weight excluding hydrogens is 314 g/mol. The van der Waals surface area contributed by atoms with E-state index in [0.717, 1.165) is 0 Å². The molecule has 0 aliphatic heterocycles.